The molecule has 2 aromatic carbocycles. The van der Waals surface area contributed by atoms with Crippen LogP contribution in [0.25, 0.3) is 0 Å². The van der Waals surface area contributed by atoms with Crippen LogP contribution >= 0.6 is 0 Å². The van der Waals surface area contributed by atoms with E-state index >= 15 is 0 Å². The number of ketones is 2. The van der Waals surface area contributed by atoms with Crippen molar-refractivity contribution < 1.29 is 33.6 Å². The number of Topliss-reactive ketones (excluding diaryl/α,β-unsaturated/α-hetero) is 2. The first-order chi connectivity index (χ1) is 19.5. The smallest absolute Gasteiger partial charge is 0.162 e. The Hall–Kier alpha value is -2.94. The third kappa shape index (κ3) is 8.29. The number of ether oxygens (including phenoxy) is 4. The number of methoxy groups -OCH3 is 2. The third-order valence-corrected chi connectivity index (χ3v) is 7.94. The number of hydrogen-bond acceptors (Lipinski definition) is 8. The summed E-state index contributed by atoms with van der Waals surface area (Å²) in [6.07, 6.45) is 4.84. The number of hydrogen-bond donors (Lipinski definition) is 1. The molecule has 0 aromatic heterocycles. The van der Waals surface area contributed by atoms with Crippen LogP contribution in [0.15, 0.2) is 42.5 Å². The summed E-state index contributed by atoms with van der Waals surface area (Å²) in [5, 5.41) is 11.5. The van der Waals surface area contributed by atoms with Crippen LogP contribution in [0.1, 0.15) is 73.4 Å². The molecular formula is C32H43NO7. The van der Waals surface area contributed by atoms with Gasteiger partial charge in [-0.3, -0.25) is 14.5 Å². The molecule has 2 aliphatic rings. The second kappa shape index (κ2) is 15.2. The second-order valence-electron chi connectivity index (χ2n) is 10.8. The maximum atomic E-state index is 13.1. The predicted octanol–water partition coefficient (Wildman–Crippen LogP) is 5.02. The van der Waals surface area contributed by atoms with Crippen LogP contribution in [0.2, 0.25) is 0 Å². The van der Waals surface area contributed by atoms with Gasteiger partial charge in [-0.05, 0) is 74.2 Å². The van der Waals surface area contributed by atoms with Gasteiger partial charge in [-0.1, -0.05) is 12.5 Å². The molecule has 0 bridgehead atoms. The number of aliphatic hydroxyl groups excluding tert-OH is 1. The van der Waals surface area contributed by atoms with E-state index in [4.69, 9.17) is 18.9 Å². The summed E-state index contributed by atoms with van der Waals surface area (Å²) in [5.41, 5.74) is 1.42. The fourth-order valence-electron chi connectivity index (χ4n) is 5.71. The molecule has 2 aliphatic heterocycles. The highest BCUT2D eigenvalue weighted by molar-refractivity contribution is 5.96. The summed E-state index contributed by atoms with van der Waals surface area (Å²) >= 11 is 0. The topological polar surface area (TPSA) is 94.5 Å². The maximum absolute atomic E-state index is 13.1. The quantitative estimate of drug-likeness (QED) is 0.229. The number of rotatable bonds is 16. The molecule has 0 unspecified atom stereocenters. The Kier molecular flexibility index (Phi) is 11.4. The molecule has 0 spiro atoms. The molecule has 2 aromatic rings. The Bertz CT molecular complexity index is 1100. The van der Waals surface area contributed by atoms with Crippen LogP contribution in [0.5, 0.6) is 17.2 Å². The first kappa shape index (κ1) is 30.0. The van der Waals surface area contributed by atoms with Crippen molar-refractivity contribution in [2.75, 3.05) is 47.1 Å². The fourth-order valence-corrected chi connectivity index (χ4v) is 5.71. The zero-order chi connectivity index (χ0) is 28.3. The lowest BCUT2D eigenvalue weighted by Gasteiger charge is -2.31. The van der Waals surface area contributed by atoms with Gasteiger partial charge in [0.15, 0.2) is 17.3 Å². The number of aliphatic hydroxyl groups is 1. The summed E-state index contributed by atoms with van der Waals surface area (Å²) in [4.78, 5) is 27.9. The minimum Gasteiger partial charge on any atom is -0.497 e. The summed E-state index contributed by atoms with van der Waals surface area (Å²) in [5.74, 6) is 2.05. The van der Waals surface area contributed by atoms with Crippen LogP contribution in [0, 0.1) is 5.92 Å². The molecule has 4 rings (SSSR count). The lowest BCUT2D eigenvalue weighted by atomic mass is 9.89. The number of benzene rings is 2. The van der Waals surface area contributed by atoms with Gasteiger partial charge in [-0.2, -0.15) is 0 Å². The monoisotopic (exact) mass is 553 g/mol. The zero-order valence-corrected chi connectivity index (χ0v) is 23.8. The van der Waals surface area contributed by atoms with Gasteiger partial charge >= 0.3 is 0 Å². The molecule has 0 saturated carbocycles. The van der Waals surface area contributed by atoms with Crippen LogP contribution in [0.3, 0.4) is 0 Å². The molecule has 2 heterocycles. The van der Waals surface area contributed by atoms with Crippen molar-refractivity contribution in [3.05, 3.63) is 53.6 Å². The SMILES string of the molecule is COC[C@@H]1CCCN1C[C@@H](CC(=O)CCCCCC(=O)c1ccc(OC)cc1)[C@@H](O)c1ccc2c(c1)OCCO2. The third-order valence-electron chi connectivity index (χ3n) is 7.94. The Morgan fingerprint density at radius 1 is 1.00 bits per heavy atom. The summed E-state index contributed by atoms with van der Waals surface area (Å²) in [7, 11) is 3.32. The standard InChI is InChI=1S/C32H43NO7/c1-37-22-26-7-6-16-33(26)21-25(32(36)24-12-15-30-31(20-24)40-18-17-39-30)19-27(34)8-4-3-5-9-29(35)23-10-13-28(38-2)14-11-23/h10-15,20,25-26,32,36H,3-9,16-19,21-22H2,1-2H3/t25-,26+,32+/m1/s1. The maximum Gasteiger partial charge on any atom is 0.162 e. The molecule has 8 heteroatoms. The Labute approximate surface area is 237 Å². The summed E-state index contributed by atoms with van der Waals surface area (Å²) in [6.45, 7) is 3.21. The second-order valence-corrected chi connectivity index (χ2v) is 10.8. The van der Waals surface area contributed by atoms with E-state index in [1.54, 1.807) is 38.5 Å². The van der Waals surface area contributed by atoms with Crippen molar-refractivity contribution in [1.82, 2.24) is 4.90 Å². The summed E-state index contributed by atoms with van der Waals surface area (Å²) in [6, 6.07) is 13.0. The molecule has 40 heavy (non-hydrogen) atoms. The zero-order valence-electron chi connectivity index (χ0n) is 23.8. The first-order valence-corrected chi connectivity index (χ1v) is 14.5. The van der Waals surface area contributed by atoms with Crippen molar-refractivity contribution in [2.45, 2.75) is 63.5 Å². The highest BCUT2D eigenvalue weighted by atomic mass is 16.6. The molecule has 0 radical (unpaired) electrons. The van der Waals surface area contributed by atoms with Gasteiger partial charge in [0.05, 0.1) is 19.8 Å². The number of carbonyl (C=O) groups is 2. The average molecular weight is 554 g/mol. The lowest BCUT2D eigenvalue weighted by molar-refractivity contribution is -0.121. The number of unbranched alkanes of at least 4 members (excludes halogenated alkanes) is 2. The van der Waals surface area contributed by atoms with Crippen LogP contribution < -0.4 is 14.2 Å². The van der Waals surface area contributed by atoms with Gasteiger partial charge in [0, 0.05) is 50.4 Å². The van der Waals surface area contributed by atoms with Crippen LogP contribution in [-0.4, -0.2) is 74.7 Å². The van der Waals surface area contributed by atoms with E-state index in [0.29, 0.717) is 68.7 Å². The predicted molar refractivity (Wildman–Crippen MR) is 152 cm³/mol. The molecule has 0 amide bonds. The van der Waals surface area contributed by atoms with Gasteiger partial charge in [0.1, 0.15) is 24.7 Å². The average Bonchev–Trinajstić information content (AvgIpc) is 3.42. The van der Waals surface area contributed by atoms with E-state index in [9.17, 15) is 14.7 Å². The van der Waals surface area contributed by atoms with E-state index in [-0.39, 0.29) is 17.5 Å². The summed E-state index contributed by atoms with van der Waals surface area (Å²) < 4.78 is 21.9. The molecule has 3 atom stereocenters. The molecule has 218 valence electrons. The van der Waals surface area contributed by atoms with Crippen molar-refractivity contribution in [2.24, 2.45) is 5.92 Å². The fraction of sp³-hybridized carbons (Fsp3) is 0.562. The Morgan fingerprint density at radius 2 is 1.75 bits per heavy atom. The molecule has 1 fully saturated rings. The van der Waals surface area contributed by atoms with E-state index in [1.807, 2.05) is 18.2 Å². The molecule has 1 N–H and O–H groups in total. The van der Waals surface area contributed by atoms with Crippen molar-refractivity contribution in [3.8, 4) is 17.2 Å². The van der Waals surface area contributed by atoms with E-state index in [1.165, 1.54) is 0 Å². The minimum atomic E-state index is -0.800. The normalized spacial score (nSPS) is 18.3. The van der Waals surface area contributed by atoms with Gasteiger partial charge in [-0.25, -0.2) is 0 Å². The van der Waals surface area contributed by atoms with Crippen LogP contribution in [-0.2, 0) is 9.53 Å². The number of nitrogens with zero attached hydrogens (tertiary/aromatic N) is 1. The molecule has 0 aliphatic carbocycles. The van der Waals surface area contributed by atoms with Gasteiger partial charge in [0.2, 0.25) is 0 Å². The minimum absolute atomic E-state index is 0.104. The van der Waals surface area contributed by atoms with E-state index < -0.39 is 6.10 Å². The Balaban J connectivity index is 1.30. The van der Waals surface area contributed by atoms with Gasteiger partial charge in [0.25, 0.3) is 0 Å². The van der Waals surface area contributed by atoms with E-state index in [0.717, 1.165) is 50.0 Å². The van der Waals surface area contributed by atoms with Crippen LogP contribution in [0.4, 0.5) is 0 Å². The largest absolute Gasteiger partial charge is 0.497 e. The molecule has 1 saturated heterocycles. The highest BCUT2D eigenvalue weighted by Gasteiger charge is 2.32. The van der Waals surface area contributed by atoms with E-state index in [2.05, 4.69) is 4.90 Å². The van der Waals surface area contributed by atoms with Crippen molar-refractivity contribution in [1.29, 1.82) is 0 Å². The molecule has 8 nitrogen and oxygen atoms in total. The highest BCUT2D eigenvalue weighted by Crippen LogP contribution is 2.36. The van der Waals surface area contributed by atoms with Gasteiger partial charge < -0.3 is 24.1 Å². The first-order valence-electron chi connectivity index (χ1n) is 14.5. The Morgan fingerprint density at radius 3 is 2.50 bits per heavy atom. The lowest BCUT2D eigenvalue weighted by Crippen LogP contribution is -2.39. The molecular weight excluding hydrogens is 510 g/mol. The van der Waals surface area contributed by atoms with Crippen molar-refractivity contribution >= 4 is 11.6 Å². The number of likely N-dealkylation sites (tertiary alicyclic amines) is 1. The number of carbonyl (C=O) groups excluding carboxylic acids is 2. The van der Waals surface area contributed by atoms with Gasteiger partial charge in [-0.15, -0.1) is 0 Å². The number of fused-ring (bicyclic) bond motifs is 1. The van der Waals surface area contributed by atoms with Crippen molar-refractivity contribution in [3.63, 3.8) is 0 Å².